The summed E-state index contributed by atoms with van der Waals surface area (Å²) < 4.78 is 44.7. The molecule has 2 heterocycles. The van der Waals surface area contributed by atoms with E-state index in [0.717, 1.165) is 25.9 Å². The molecule has 13 heteroatoms. The van der Waals surface area contributed by atoms with Crippen molar-refractivity contribution in [3.8, 4) is 0 Å². The maximum Gasteiger partial charge on any atom is 0.414 e. The summed E-state index contributed by atoms with van der Waals surface area (Å²) in [6.45, 7) is 4.30. The third kappa shape index (κ3) is 6.95. The molecule has 0 aliphatic carbocycles. The van der Waals surface area contributed by atoms with Gasteiger partial charge in [0.15, 0.2) is 0 Å². The van der Waals surface area contributed by atoms with Crippen LogP contribution in [0.15, 0.2) is 18.2 Å². The van der Waals surface area contributed by atoms with E-state index in [1.165, 1.54) is 11.0 Å². The van der Waals surface area contributed by atoms with Crippen molar-refractivity contribution in [1.82, 2.24) is 14.9 Å². The fourth-order valence-electron chi connectivity index (χ4n) is 3.73. The van der Waals surface area contributed by atoms with Crippen molar-refractivity contribution in [2.45, 2.75) is 12.5 Å². The zero-order valence-corrected chi connectivity index (χ0v) is 19.5. The highest BCUT2D eigenvalue weighted by Crippen LogP contribution is 2.28. The normalized spacial score (nSPS) is 19.8. The maximum atomic E-state index is 14.9. The third-order valence-corrected chi connectivity index (χ3v) is 6.21. The lowest BCUT2D eigenvalue weighted by Gasteiger charge is -2.36. The molecular formula is C19H28FN5O5S2. The first-order valence-electron chi connectivity index (χ1n) is 10.3. The lowest BCUT2D eigenvalue weighted by Crippen LogP contribution is -2.47. The van der Waals surface area contributed by atoms with E-state index in [1.54, 1.807) is 12.1 Å². The quantitative estimate of drug-likeness (QED) is 0.348. The number of halogens is 1. The standard InChI is InChI=1S/C19H28FN5O5S2/c1-32(28,29)22-5-2-6-23-7-9-24(10-8-23)17-4-3-14(11-16(17)20)25-13-15(30-19(25)27)12-21-18(26)31/h3-4,11,15,22H,2,5-10,12-13H2,1H3,(H2,21,26,31)/t15-/m0/s1. The Morgan fingerprint density at radius 1 is 1.28 bits per heavy atom. The van der Waals surface area contributed by atoms with E-state index in [4.69, 9.17) is 4.74 Å². The summed E-state index contributed by atoms with van der Waals surface area (Å²) in [7, 11) is -3.17. The van der Waals surface area contributed by atoms with Crippen molar-refractivity contribution >= 4 is 45.4 Å². The Labute approximate surface area is 192 Å². The molecule has 0 saturated carbocycles. The Bertz CT molecular complexity index is 940. The van der Waals surface area contributed by atoms with E-state index in [0.29, 0.717) is 37.4 Å². The van der Waals surface area contributed by atoms with E-state index in [9.17, 15) is 22.4 Å². The molecule has 1 aromatic carbocycles. The zero-order valence-electron chi connectivity index (χ0n) is 17.8. The largest absolute Gasteiger partial charge is 0.442 e. The van der Waals surface area contributed by atoms with E-state index < -0.39 is 33.3 Å². The zero-order chi connectivity index (χ0) is 23.3. The molecule has 0 aromatic heterocycles. The first kappa shape index (κ1) is 24.6. The van der Waals surface area contributed by atoms with Gasteiger partial charge in [-0.25, -0.2) is 22.3 Å². The van der Waals surface area contributed by atoms with Gasteiger partial charge in [-0.1, -0.05) is 12.6 Å². The van der Waals surface area contributed by atoms with E-state index >= 15 is 0 Å². The summed E-state index contributed by atoms with van der Waals surface area (Å²) in [5.41, 5.74) is 0.867. The van der Waals surface area contributed by atoms with Crippen LogP contribution >= 0.6 is 12.6 Å². The molecule has 2 amide bonds. The number of ether oxygens (including phenoxy) is 1. The molecule has 1 atom stereocenters. The van der Waals surface area contributed by atoms with Gasteiger partial charge in [0.05, 0.1) is 30.7 Å². The molecule has 1 aromatic rings. The molecule has 2 saturated heterocycles. The number of carbonyl (C=O) groups excluding carboxylic acids is 2. The molecule has 178 valence electrons. The van der Waals surface area contributed by atoms with E-state index in [1.807, 2.05) is 4.90 Å². The van der Waals surface area contributed by atoms with Crippen molar-refractivity contribution in [2.75, 3.05) is 68.4 Å². The number of hydrogen-bond donors (Lipinski definition) is 3. The maximum absolute atomic E-state index is 14.9. The van der Waals surface area contributed by atoms with Crippen LogP contribution in [0.3, 0.4) is 0 Å². The number of sulfonamides is 1. The molecule has 0 radical (unpaired) electrons. The molecule has 2 aliphatic rings. The third-order valence-electron chi connectivity index (χ3n) is 5.33. The van der Waals surface area contributed by atoms with Gasteiger partial charge in [-0.05, 0) is 31.2 Å². The molecule has 10 nitrogen and oxygen atoms in total. The predicted molar refractivity (Wildman–Crippen MR) is 123 cm³/mol. The highest BCUT2D eigenvalue weighted by Gasteiger charge is 2.33. The number of hydrogen-bond acceptors (Lipinski definition) is 7. The van der Waals surface area contributed by atoms with Gasteiger partial charge in [0.2, 0.25) is 10.0 Å². The van der Waals surface area contributed by atoms with Crippen LogP contribution in [0.25, 0.3) is 0 Å². The number of rotatable bonds is 9. The molecule has 3 rings (SSSR count). The molecule has 2 fully saturated rings. The number of thiol groups is 1. The Morgan fingerprint density at radius 2 is 2.00 bits per heavy atom. The Hall–Kier alpha value is -2.09. The second-order valence-electron chi connectivity index (χ2n) is 7.79. The van der Waals surface area contributed by atoms with E-state index in [2.05, 4.69) is 27.6 Å². The first-order chi connectivity index (χ1) is 15.1. The molecule has 0 unspecified atom stereocenters. The second-order valence-corrected chi connectivity index (χ2v) is 10.0. The molecule has 2 N–H and O–H groups in total. The summed E-state index contributed by atoms with van der Waals surface area (Å²) in [5, 5.41) is 1.96. The monoisotopic (exact) mass is 489 g/mol. The second kappa shape index (κ2) is 10.7. The molecule has 0 bridgehead atoms. The van der Waals surface area contributed by atoms with Gasteiger partial charge in [0.25, 0.3) is 5.24 Å². The van der Waals surface area contributed by atoms with E-state index in [-0.39, 0.29) is 13.1 Å². The number of nitrogens with zero attached hydrogens (tertiary/aromatic N) is 3. The SMILES string of the molecule is CS(=O)(=O)NCCCN1CCN(c2ccc(N3C[C@H](CNC(=O)S)OC3=O)cc2F)CC1. The fraction of sp³-hybridized carbons (Fsp3) is 0.579. The number of piperazine rings is 1. The number of cyclic esters (lactones) is 1. The van der Waals surface area contributed by atoms with Gasteiger partial charge in [-0.15, -0.1) is 0 Å². The number of carbonyl (C=O) groups is 2. The number of benzene rings is 1. The summed E-state index contributed by atoms with van der Waals surface area (Å²) in [4.78, 5) is 28.5. The average Bonchev–Trinajstić information content (AvgIpc) is 3.10. The van der Waals surface area contributed by atoms with Crippen LogP contribution in [0, 0.1) is 5.82 Å². The highest BCUT2D eigenvalue weighted by atomic mass is 32.2. The molecule has 32 heavy (non-hydrogen) atoms. The van der Waals surface area contributed by atoms with Crippen molar-refractivity contribution in [1.29, 1.82) is 0 Å². The molecular weight excluding hydrogens is 461 g/mol. The van der Waals surface area contributed by atoms with Gasteiger partial charge in [0.1, 0.15) is 11.9 Å². The minimum absolute atomic E-state index is 0.139. The van der Waals surface area contributed by atoms with Crippen molar-refractivity contribution in [3.63, 3.8) is 0 Å². The van der Waals surface area contributed by atoms with Crippen LogP contribution in [0.1, 0.15) is 6.42 Å². The Balaban J connectivity index is 1.50. The van der Waals surface area contributed by atoms with Gasteiger partial charge < -0.3 is 15.0 Å². The number of amides is 2. The smallest absolute Gasteiger partial charge is 0.414 e. The van der Waals surface area contributed by atoms with Crippen molar-refractivity contribution in [2.24, 2.45) is 0 Å². The lowest BCUT2D eigenvalue weighted by atomic mass is 10.2. The van der Waals surface area contributed by atoms with Crippen LogP contribution in [0.4, 0.5) is 25.4 Å². The van der Waals surface area contributed by atoms with Gasteiger partial charge in [-0.3, -0.25) is 14.6 Å². The van der Waals surface area contributed by atoms with Crippen LogP contribution in [-0.4, -0.2) is 89.4 Å². The summed E-state index contributed by atoms with van der Waals surface area (Å²) in [6.07, 6.45) is 0.733. The highest BCUT2D eigenvalue weighted by molar-refractivity contribution is 7.96. The Kier molecular flexibility index (Phi) is 8.20. The number of anilines is 2. The van der Waals surface area contributed by atoms with Crippen LogP contribution in [-0.2, 0) is 14.8 Å². The van der Waals surface area contributed by atoms with Crippen molar-refractivity contribution in [3.05, 3.63) is 24.0 Å². The van der Waals surface area contributed by atoms with Crippen molar-refractivity contribution < 1.29 is 27.1 Å². The molecule has 0 spiro atoms. The first-order valence-corrected chi connectivity index (χ1v) is 12.6. The lowest BCUT2D eigenvalue weighted by molar-refractivity contribution is 0.141. The average molecular weight is 490 g/mol. The van der Waals surface area contributed by atoms with Gasteiger partial charge in [0, 0.05) is 32.7 Å². The summed E-state index contributed by atoms with van der Waals surface area (Å²) in [6, 6.07) is 4.66. The van der Waals surface area contributed by atoms with Crippen LogP contribution in [0.2, 0.25) is 0 Å². The summed E-state index contributed by atoms with van der Waals surface area (Å²) >= 11 is 3.61. The van der Waals surface area contributed by atoms with Crippen LogP contribution in [0.5, 0.6) is 0 Å². The van der Waals surface area contributed by atoms with Crippen LogP contribution < -0.4 is 19.8 Å². The minimum atomic E-state index is -3.17. The number of nitrogens with one attached hydrogen (secondary N) is 2. The topological polar surface area (TPSA) is 111 Å². The molecule has 2 aliphatic heterocycles. The summed E-state index contributed by atoms with van der Waals surface area (Å²) in [5.74, 6) is -0.423. The predicted octanol–water partition coefficient (Wildman–Crippen LogP) is 0.852. The minimum Gasteiger partial charge on any atom is -0.442 e. The van der Waals surface area contributed by atoms with Gasteiger partial charge >= 0.3 is 6.09 Å². The Morgan fingerprint density at radius 3 is 2.62 bits per heavy atom. The fourth-order valence-corrected chi connectivity index (χ4v) is 4.34. The van der Waals surface area contributed by atoms with Gasteiger partial charge in [-0.2, -0.15) is 0 Å².